The maximum Gasteiger partial charge on any atom is 0.0956 e. The highest BCUT2D eigenvalue weighted by Gasteiger charge is 2.45. The first-order valence-corrected chi connectivity index (χ1v) is 15.4. The smallest absolute Gasteiger partial charge is 0.0956 e. The molecule has 2 fully saturated rings. The number of likely N-dealkylation sites (tertiary alicyclic amines) is 2. The number of imidazole rings is 2. The minimum Gasteiger partial charge on any atom is -0.393 e. The molecule has 4 aromatic rings. The van der Waals surface area contributed by atoms with Crippen molar-refractivity contribution < 1.29 is 10.2 Å². The van der Waals surface area contributed by atoms with Crippen molar-refractivity contribution in [2.75, 3.05) is 32.7 Å². The Morgan fingerprint density at radius 3 is 2.25 bits per heavy atom. The van der Waals surface area contributed by atoms with Crippen LogP contribution in [0.2, 0.25) is 0 Å². The van der Waals surface area contributed by atoms with Gasteiger partial charge < -0.3 is 19.3 Å². The molecule has 7 unspecified atom stereocenters. The summed E-state index contributed by atoms with van der Waals surface area (Å²) < 4.78 is 4.36. The van der Waals surface area contributed by atoms with Crippen molar-refractivity contribution >= 4 is 0 Å². The molecule has 0 amide bonds. The average molecular weight is 587 g/mol. The number of nitriles is 2. The van der Waals surface area contributed by atoms with Crippen molar-refractivity contribution in [2.45, 2.75) is 43.2 Å². The van der Waals surface area contributed by atoms with E-state index in [1.807, 2.05) is 42.1 Å². The number of piperidine rings is 2. The topological polar surface area (TPSA) is 130 Å². The molecule has 10 nitrogen and oxygen atoms in total. The normalized spacial score (nSPS) is 29.3. The highest BCUT2D eigenvalue weighted by atomic mass is 16.3. The van der Waals surface area contributed by atoms with Crippen molar-refractivity contribution in [3.8, 4) is 34.7 Å². The summed E-state index contributed by atoms with van der Waals surface area (Å²) in [5.41, 5.74) is 7.78. The first kappa shape index (κ1) is 27.2. The van der Waals surface area contributed by atoms with E-state index in [0.29, 0.717) is 26.1 Å². The fraction of sp³-hybridized carbons (Fsp3) is 0.412. The molecular weight excluding hydrogens is 552 g/mol. The van der Waals surface area contributed by atoms with Crippen LogP contribution in [0.3, 0.4) is 0 Å². The van der Waals surface area contributed by atoms with Gasteiger partial charge in [-0.2, -0.15) is 10.5 Å². The van der Waals surface area contributed by atoms with Crippen LogP contribution < -0.4 is 0 Å². The number of benzene rings is 2. The maximum absolute atomic E-state index is 11.7. The summed E-state index contributed by atoms with van der Waals surface area (Å²) >= 11 is 0. The number of rotatable bonds is 5. The van der Waals surface area contributed by atoms with Crippen LogP contribution in [-0.2, 0) is 0 Å². The van der Waals surface area contributed by atoms with E-state index in [0.717, 1.165) is 41.0 Å². The van der Waals surface area contributed by atoms with Gasteiger partial charge >= 0.3 is 0 Å². The molecule has 10 heteroatoms. The summed E-state index contributed by atoms with van der Waals surface area (Å²) in [5.74, 6) is -0.0791. The summed E-state index contributed by atoms with van der Waals surface area (Å²) in [6.07, 6.45) is 7.69. The predicted molar refractivity (Wildman–Crippen MR) is 162 cm³/mol. The van der Waals surface area contributed by atoms with Gasteiger partial charge in [-0.15, -0.1) is 0 Å². The third-order valence-corrected chi connectivity index (χ3v) is 10.5. The Balaban J connectivity index is 1.10. The molecule has 8 rings (SSSR count). The number of aromatic nitrogens is 4. The molecule has 2 aromatic heterocycles. The number of aliphatic hydroxyl groups excluding tert-OH is 2. The third kappa shape index (κ3) is 4.14. The van der Waals surface area contributed by atoms with Gasteiger partial charge in [0.2, 0.25) is 0 Å². The van der Waals surface area contributed by atoms with Crippen LogP contribution in [0.4, 0.5) is 0 Å². The Morgan fingerprint density at radius 1 is 0.795 bits per heavy atom. The summed E-state index contributed by atoms with van der Waals surface area (Å²) in [6.45, 7) is 2.45. The molecule has 0 bridgehead atoms. The van der Waals surface area contributed by atoms with Crippen LogP contribution in [0, 0.1) is 34.5 Å². The van der Waals surface area contributed by atoms with Gasteiger partial charge in [0.05, 0.1) is 86.0 Å². The van der Waals surface area contributed by atoms with E-state index in [1.54, 1.807) is 0 Å². The van der Waals surface area contributed by atoms with Crippen LogP contribution in [0.1, 0.15) is 47.7 Å². The molecule has 0 aliphatic carbocycles. The number of hydrogen-bond donors (Lipinski definition) is 2. The lowest BCUT2D eigenvalue weighted by atomic mass is 9.79. The Labute approximate surface area is 256 Å². The first-order chi connectivity index (χ1) is 21.6. The first-order valence-electron chi connectivity index (χ1n) is 15.4. The van der Waals surface area contributed by atoms with Crippen LogP contribution >= 0.6 is 0 Å². The zero-order chi connectivity index (χ0) is 29.9. The Morgan fingerprint density at radius 2 is 1.50 bits per heavy atom. The molecule has 4 aliphatic rings. The van der Waals surface area contributed by atoms with Crippen LogP contribution in [0.15, 0.2) is 67.5 Å². The van der Waals surface area contributed by atoms with Gasteiger partial charge in [-0.25, -0.2) is 9.97 Å². The molecule has 2 aromatic carbocycles. The van der Waals surface area contributed by atoms with Crippen molar-refractivity contribution in [1.29, 1.82) is 10.5 Å². The minimum absolute atomic E-state index is 0.0136. The lowest BCUT2D eigenvalue weighted by molar-refractivity contribution is -0.0165. The predicted octanol–water partition coefficient (Wildman–Crippen LogP) is 3.37. The van der Waals surface area contributed by atoms with Gasteiger partial charge in [-0.3, -0.25) is 9.80 Å². The van der Waals surface area contributed by atoms with E-state index in [4.69, 9.17) is 5.26 Å². The molecule has 222 valence electrons. The second-order valence-corrected chi connectivity index (χ2v) is 12.7. The molecule has 0 saturated carbocycles. The third-order valence-electron chi connectivity index (χ3n) is 10.5. The molecule has 2 N–H and O–H groups in total. The molecule has 2 saturated heterocycles. The molecule has 44 heavy (non-hydrogen) atoms. The monoisotopic (exact) mass is 586 g/mol. The number of hydrogen-bond acceptors (Lipinski definition) is 8. The summed E-state index contributed by atoms with van der Waals surface area (Å²) in [4.78, 5) is 13.1. The standard InChI is InChI=1S/C34H34N8O2/c35-8-11-39-10-7-25(32(44)18-39)33-24-6-5-21(13-26(24)30-16-38-20-42(30)33)28-14-31(43)27(17-40(28)12-9-36)34-23-4-2-1-3-22(23)29-15-37-19-41(29)34/h1-6,13,15-16,19-20,25,27-28,31-34,43-44H,7,10-12,14,17-18H2. The van der Waals surface area contributed by atoms with Gasteiger partial charge in [0.25, 0.3) is 0 Å². The Bertz CT molecular complexity index is 1800. The summed E-state index contributed by atoms with van der Waals surface area (Å²) in [7, 11) is 0. The summed E-state index contributed by atoms with van der Waals surface area (Å²) in [6, 6.07) is 19.3. The van der Waals surface area contributed by atoms with Crippen molar-refractivity contribution in [3.63, 3.8) is 0 Å². The SMILES string of the molecule is N#CCN1CCC(C2c3ccc(C4CC(O)C(C5c6ccccc6-c6cncn65)CN4CC#N)cc3-c3cncn32)C(O)C1. The van der Waals surface area contributed by atoms with Crippen molar-refractivity contribution in [1.82, 2.24) is 28.9 Å². The van der Waals surface area contributed by atoms with Crippen LogP contribution in [0.25, 0.3) is 22.5 Å². The van der Waals surface area contributed by atoms with Crippen LogP contribution in [0.5, 0.6) is 0 Å². The molecular formula is C34H34N8O2. The second-order valence-electron chi connectivity index (χ2n) is 12.7. The zero-order valence-electron chi connectivity index (χ0n) is 24.3. The quantitative estimate of drug-likeness (QED) is 0.341. The fourth-order valence-electron chi connectivity index (χ4n) is 8.51. The van der Waals surface area contributed by atoms with Gasteiger partial charge in [-0.05, 0) is 42.1 Å². The molecule has 0 radical (unpaired) electrons. The van der Waals surface area contributed by atoms with E-state index < -0.39 is 12.2 Å². The van der Waals surface area contributed by atoms with Crippen molar-refractivity contribution in [3.05, 3.63) is 84.2 Å². The highest BCUT2D eigenvalue weighted by Crippen LogP contribution is 2.50. The molecule has 4 aliphatic heterocycles. The number of aliphatic hydroxyl groups is 2. The van der Waals surface area contributed by atoms with E-state index >= 15 is 0 Å². The van der Waals surface area contributed by atoms with E-state index in [2.05, 4.69) is 66.5 Å². The van der Waals surface area contributed by atoms with E-state index in [1.165, 1.54) is 11.1 Å². The van der Waals surface area contributed by atoms with Gasteiger partial charge in [-0.1, -0.05) is 36.4 Å². The number of fused-ring (bicyclic) bond motifs is 6. The summed E-state index contributed by atoms with van der Waals surface area (Å²) in [5, 5.41) is 41.9. The molecule has 0 spiro atoms. The van der Waals surface area contributed by atoms with Crippen LogP contribution in [-0.4, -0.2) is 84.0 Å². The number of β-amino-alcohol motifs (C(OH)–C–C–N with tert-alkyl or cyclic N) is 1. The largest absolute Gasteiger partial charge is 0.393 e. The maximum atomic E-state index is 11.7. The number of nitrogens with zero attached hydrogens (tertiary/aromatic N) is 8. The van der Waals surface area contributed by atoms with Crippen molar-refractivity contribution in [2.24, 2.45) is 11.8 Å². The minimum atomic E-state index is -0.568. The lowest BCUT2D eigenvalue weighted by Gasteiger charge is -2.44. The van der Waals surface area contributed by atoms with Gasteiger partial charge in [0.1, 0.15) is 0 Å². The Kier molecular flexibility index (Phi) is 6.62. The lowest BCUT2D eigenvalue weighted by Crippen LogP contribution is -2.48. The van der Waals surface area contributed by atoms with E-state index in [-0.39, 0.29) is 36.5 Å². The van der Waals surface area contributed by atoms with Gasteiger partial charge in [0, 0.05) is 42.1 Å². The van der Waals surface area contributed by atoms with E-state index in [9.17, 15) is 15.5 Å². The molecule has 6 heterocycles. The van der Waals surface area contributed by atoms with Gasteiger partial charge in [0.15, 0.2) is 0 Å². The second kappa shape index (κ2) is 10.7. The zero-order valence-corrected chi connectivity index (χ0v) is 24.3. The molecule has 7 atom stereocenters. The fourth-order valence-corrected chi connectivity index (χ4v) is 8.51. The highest BCUT2D eigenvalue weighted by molar-refractivity contribution is 5.71. The average Bonchev–Trinajstić information content (AvgIpc) is 3.80. The Hall–Kier alpha value is -4.32.